The zero-order valence-electron chi connectivity index (χ0n) is 13.7. The van der Waals surface area contributed by atoms with Gasteiger partial charge in [-0.1, -0.05) is 0 Å². The Kier molecular flexibility index (Phi) is 5.03. The van der Waals surface area contributed by atoms with E-state index in [1.807, 2.05) is 17.9 Å². The van der Waals surface area contributed by atoms with Crippen molar-refractivity contribution in [2.45, 2.75) is 19.8 Å². The largest absolute Gasteiger partial charge is 0.354 e. The predicted molar refractivity (Wildman–Crippen MR) is 90.4 cm³/mol. The number of halogens is 1. The normalized spacial score (nSPS) is 17.6. The van der Waals surface area contributed by atoms with Crippen LogP contribution in [0.25, 0.3) is 0 Å². The lowest BCUT2D eigenvalue weighted by molar-refractivity contribution is 0.0945. The Labute approximate surface area is 140 Å². The first-order valence-corrected chi connectivity index (χ1v) is 8.19. The second-order valence-electron chi connectivity index (χ2n) is 6.22. The highest BCUT2D eigenvalue weighted by atomic mass is 19.1. The second-order valence-corrected chi connectivity index (χ2v) is 6.22. The lowest BCUT2D eigenvalue weighted by Crippen LogP contribution is -2.41. The zero-order valence-corrected chi connectivity index (χ0v) is 13.7. The van der Waals surface area contributed by atoms with Gasteiger partial charge < -0.3 is 10.2 Å². The summed E-state index contributed by atoms with van der Waals surface area (Å²) in [6.45, 7) is 3.96. The van der Waals surface area contributed by atoms with Gasteiger partial charge in [0.2, 0.25) is 0 Å². The molecule has 1 N–H and O–H groups in total. The number of amides is 1. The van der Waals surface area contributed by atoms with Crippen LogP contribution in [0, 0.1) is 18.7 Å². The van der Waals surface area contributed by atoms with Crippen LogP contribution in [0.15, 0.2) is 36.8 Å². The molecule has 24 heavy (non-hydrogen) atoms. The summed E-state index contributed by atoms with van der Waals surface area (Å²) in [5.41, 5.74) is 1.52. The van der Waals surface area contributed by atoms with Gasteiger partial charge in [0.05, 0.1) is 5.56 Å². The molecule has 6 heteroatoms. The first-order chi connectivity index (χ1) is 11.6. The summed E-state index contributed by atoms with van der Waals surface area (Å²) in [6, 6.07) is 4.84. The molecular formula is C18H21FN4O. The van der Waals surface area contributed by atoms with E-state index in [0.29, 0.717) is 24.5 Å². The minimum absolute atomic E-state index is 0.118. The molecule has 1 saturated heterocycles. The van der Waals surface area contributed by atoms with Gasteiger partial charge in [-0.05, 0) is 49.4 Å². The zero-order chi connectivity index (χ0) is 16.9. The molecule has 0 aromatic carbocycles. The van der Waals surface area contributed by atoms with Crippen molar-refractivity contribution in [3.63, 3.8) is 0 Å². The van der Waals surface area contributed by atoms with Crippen LogP contribution < -0.4 is 10.2 Å². The van der Waals surface area contributed by atoms with Crippen molar-refractivity contribution >= 4 is 11.7 Å². The molecule has 0 saturated carbocycles. The Morgan fingerprint density at radius 3 is 3.12 bits per heavy atom. The third-order valence-electron chi connectivity index (χ3n) is 4.25. The molecule has 0 radical (unpaired) electrons. The van der Waals surface area contributed by atoms with Gasteiger partial charge in [-0.3, -0.25) is 9.78 Å². The van der Waals surface area contributed by atoms with E-state index in [-0.39, 0.29) is 17.6 Å². The number of carbonyl (C=O) groups excluding carboxylic acids is 1. The average Bonchev–Trinajstić information content (AvgIpc) is 2.60. The lowest BCUT2D eigenvalue weighted by Gasteiger charge is -2.33. The van der Waals surface area contributed by atoms with Crippen LogP contribution in [0.4, 0.5) is 10.2 Å². The first kappa shape index (κ1) is 16.4. The topological polar surface area (TPSA) is 58.1 Å². The fourth-order valence-corrected chi connectivity index (χ4v) is 3.05. The second kappa shape index (κ2) is 7.38. The summed E-state index contributed by atoms with van der Waals surface area (Å²) in [7, 11) is 0. The van der Waals surface area contributed by atoms with Crippen molar-refractivity contribution < 1.29 is 9.18 Å². The number of hydrogen-bond acceptors (Lipinski definition) is 4. The monoisotopic (exact) mass is 328 g/mol. The smallest absolute Gasteiger partial charge is 0.252 e. The van der Waals surface area contributed by atoms with Crippen LogP contribution in [-0.4, -0.2) is 35.5 Å². The molecule has 0 bridgehead atoms. The fourth-order valence-electron chi connectivity index (χ4n) is 3.05. The van der Waals surface area contributed by atoms with E-state index in [1.54, 1.807) is 24.7 Å². The van der Waals surface area contributed by atoms with E-state index in [0.717, 1.165) is 24.9 Å². The summed E-state index contributed by atoms with van der Waals surface area (Å²) in [5.74, 6) is 0.263. The van der Waals surface area contributed by atoms with Crippen molar-refractivity contribution in [1.29, 1.82) is 0 Å². The first-order valence-electron chi connectivity index (χ1n) is 8.19. The molecule has 0 spiro atoms. The number of aromatic nitrogens is 2. The van der Waals surface area contributed by atoms with E-state index < -0.39 is 0 Å². The Bertz CT molecular complexity index is 722. The quantitative estimate of drug-likeness (QED) is 0.937. The number of aryl methyl sites for hydroxylation is 1. The average molecular weight is 328 g/mol. The maximum absolute atomic E-state index is 13.9. The highest BCUT2D eigenvalue weighted by Gasteiger charge is 2.23. The molecule has 1 amide bonds. The number of nitrogens with zero attached hydrogens (tertiary/aromatic N) is 3. The number of carbonyl (C=O) groups is 1. The molecule has 1 aliphatic heterocycles. The number of pyridine rings is 2. The molecule has 2 aromatic heterocycles. The molecule has 3 heterocycles. The summed E-state index contributed by atoms with van der Waals surface area (Å²) in [4.78, 5) is 22.4. The van der Waals surface area contributed by atoms with Gasteiger partial charge in [0.25, 0.3) is 5.91 Å². The van der Waals surface area contributed by atoms with Crippen LogP contribution in [0.3, 0.4) is 0 Å². The molecule has 1 atom stereocenters. The number of hydrogen-bond donors (Lipinski definition) is 1. The van der Waals surface area contributed by atoms with Gasteiger partial charge >= 0.3 is 0 Å². The predicted octanol–water partition coefficient (Wildman–Crippen LogP) is 2.57. The third kappa shape index (κ3) is 3.88. The van der Waals surface area contributed by atoms with E-state index in [1.165, 1.54) is 6.07 Å². The van der Waals surface area contributed by atoms with Crippen LogP contribution in [0.2, 0.25) is 0 Å². The molecular weight excluding hydrogens is 307 g/mol. The molecule has 1 unspecified atom stereocenters. The number of anilines is 1. The molecule has 1 aliphatic rings. The van der Waals surface area contributed by atoms with E-state index in [2.05, 4.69) is 15.3 Å². The molecule has 0 aliphatic carbocycles. The summed E-state index contributed by atoms with van der Waals surface area (Å²) in [6.07, 6.45) is 6.87. The molecule has 126 valence electrons. The summed E-state index contributed by atoms with van der Waals surface area (Å²) < 4.78 is 13.9. The number of rotatable bonds is 4. The minimum Gasteiger partial charge on any atom is -0.354 e. The molecule has 3 rings (SSSR count). The van der Waals surface area contributed by atoms with Crippen molar-refractivity contribution in [1.82, 2.24) is 15.3 Å². The SMILES string of the molecule is Cc1cncc(C(=O)NCC2CCCN(c3ncccc3F)C2)c1. The maximum Gasteiger partial charge on any atom is 0.252 e. The van der Waals surface area contributed by atoms with Gasteiger partial charge in [0, 0.05) is 38.2 Å². The van der Waals surface area contributed by atoms with Gasteiger partial charge in [0.15, 0.2) is 11.6 Å². The standard InChI is InChI=1S/C18H21FN4O/c1-13-8-15(11-20-9-13)18(24)22-10-14-4-3-7-23(12-14)17-16(19)5-2-6-21-17/h2,5-6,8-9,11,14H,3-4,7,10,12H2,1H3,(H,22,24). The summed E-state index contributed by atoms with van der Waals surface area (Å²) >= 11 is 0. The highest BCUT2D eigenvalue weighted by molar-refractivity contribution is 5.93. The van der Waals surface area contributed by atoms with Crippen LogP contribution in [-0.2, 0) is 0 Å². The number of nitrogens with one attached hydrogen (secondary N) is 1. The molecule has 2 aromatic rings. The highest BCUT2D eigenvalue weighted by Crippen LogP contribution is 2.23. The third-order valence-corrected chi connectivity index (χ3v) is 4.25. The van der Waals surface area contributed by atoms with Crippen molar-refractivity contribution in [2.75, 3.05) is 24.5 Å². The van der Waals surface area contributed by atoms with Crippen molar-refractivity contribution in [3.05, 3.63) is 53.7 Å². The van der Waals surface area contributed by atoms with Crippen molar-refractivity contribution in [3.8, 4) is 0 Å². The van der Waals surface area contributed by atoms with E-state index in [9.17, 15) is 9.18 Å². The van der Waals surface area contributed by atoms with Gasteiger partial charge in [0.1, 0.15) is 0 Å². The fraction of sp³-hybridized carbons (Fsp3) is 0.389. The van der Waals surface area contributed by atoms with Gasteiger partial charge in [-0.25, -0.2) is 9.37 Å². The Balaban J connectivity index is 1.58. The lowest BCUT2D eigenvalue weighted by atomic mass is 9.98. The van der Waals surface area contributed by atoms with Gasteiger partial charge in [-0.2, -0.15) is 0 Å². The van der Waals surface area contributed by atoms with Crippen LogP contribution in [0.5, 0.6) is 0 Å². The Morgan fingerprint density at radius 1 is 1.46 bits per heavy atom. The minimum atomic E-state index is -0.298. The molecule has 1 fully saturated rings. The number of piperidine rings is 1. The Morgan fingerprint density at radius 2 is 2.33 bits per heavy atom. The summed E-state index contributed by atoms with van der Waals surface area (Å²) in [5, 5.41) is 2.96. The van der Waals surface area contributed by atoms with E-state index >= 15 is 0 Å². The van der Waals surface area contributed by atoms with Crippen LogP contribution >= 0.6 is 0 Å². The maximum atomic E-state index is 13.9. The van der Waals surface area contributed by atoms with E-state index in [4.69, 9.17) is 0 Å². The van der Waals surface area contributed by atoms with Crippen molar-refractivity contribution in [2.24, 2.45) is 5.92 Å². The van der Waals surface area contributed by atoms with Gasteiger partial charge in [-0.15, -0.1) is 0 Å². The van der Waals surface area contributed by atoms with Crippen LogP contribution in [0.1, 0.15) is 28.8 Å². The Hall–Kier alpha value is -2.50. The molecule has 5 nitrogen and oxygen atoms in total.